The van der Waals surface area contributed by atoms with E-state index in [1.54, 1.807) is 30.3 Å². The zero-order valence-electron chi connectivity index (χ0n) is 20.2. The molecule has 2 aromatic rings. The Labute approximate surface area is 209 Å². The summed E-state index contributed by atoms with van der Waals surface area (Å²) in [6.45, 7) is 4.71. The van der Waals surface area contributed by atoms with Gasteiger partial charge in [0.05, 0.1) is 33.0 Å². The molecular weight excluding hydrogens is 478 g/mol. The molecule has 0 aliphatic carbocycles. The van der Waals surface area contributed by atoms with Gasteiger partial charge >= 0.3 is 12.1 Å². The second-order valence-electron chi connectivity index (χ2n) is 8.27. The molecule has 0 bridgehead atoms. The lowest BCUT2D eigenvalue weighted by Crippen LogP contribution is -2.27. The van der Waals surface area contributed by atoms with E-state index in [1.165, 1.54) is 14.2 Å². The van der Waals surface area contributed by atoms with E-state index in [9.17, 15) is 9.59 Å². The van der Waals surface area contributed by atoms with Crippen LogP contribution in [0, 0.1) is 0 Å². The monoisotopic (exact) mass is 507 g/mol. The van der Waals surface area contributed by atoms with Crippen LogP contribution in [0.4, 0.5) is 4.79 Å². The molecular formula is C25H30ClNO8. The molecule has 1 amide bonds. The lowest BCUT2D eigenvalue weighted by molar-refractivity contribution is -0.141. The average Bonchev–Trinajstić information content (AvgIpc) is 3.20. The van der Waals surface area contributed by atoms with Crippen LogP contribution in [0.3, 0.4) is 0 Å². The zero-order valence-corrected chi connectivity index (χ0v) is 20.9. The van der Waals surface area contributed by atoms with Crippen LogP contribution in [0.2, 0.25) is 5.02 Å². The van der Waals surface area contributed by atoms with Crippen molar-refractivity contribution in [2.75, 3.05) is 40.6 Å². The fourth-order valence-corrected chi connectivity index (χ4v) is 3.78. The van der Waals surface area contributed by atoms with Gasteiger partial charge in [-0.25, -0.2) is 9.59 Å². The summed E-state index contributed by atoms with van der Waals surface area (Å²) >= 11 is 6.23. The minimum atomic E-state index is -0.670. The molecule has 0 radical (unpaired) electrons. The first-order chi connectivity index (χ1) is 16.7. The van der Waals surface area contributed by atoms with Crippen molar-refractivity contribution in [1.82, 2.24) is 5.32 Å². The average molecular weight is 508 g/mol. The third-order valence-corrected chi connectivity index (χ3v) is 5.38. The fraction of sp³-hybridized carbons (Fsp3) is 0.440. The first kappa shape index (κ1) is 26.7. The van der Waals surface area contributed by atoms with Crippen LogP contribution in [-0.4, -0.2) is 64.5 Å². The number of carbonyl (C=O) groups excluding carboxylic acids is 2. The van der Waals surface area contributed by atoms with Crippen molar-refractivity contribution in [3.8, 4) is 5.75 Å². The lowest BCUT2D eigenvalue weighted by Gasteiger charge is -2.21. The third-order valence-electron chi connectivity index (χ3n) is 5.15. The van der Waals surface area contributed by atoms with Gasteiger partial charge in [0.2, 0.25) is 0 Å². The smallest absolute Gasteiger partial charge is 0.406 e. The number of nitrogens with one attached hydrogen (secondary N) is 1. The van der Waals surface area contributed by atoms with Crippen LogP contribution in [0.1, 0.15) is 41.4 Å². The topological polar surface area (TPSA) is 102 Å². The Hall–Kier alpha value is -2.85. The second kappa shape index (κ2) is 12.2. The lowest BCUT2D eigenvalue weighted by atomic mass is 9.99. The van der Waals surface area contributed by atoms with Crippen LogP contribution in [0.25, 0.3) is 0 Å². The van der Waals surface area contributed by atoms with Gasteiger partial charge in [-0.3, -0.25) is 0 Å². The van der Waals surface area contributed by atoms with Crippen LogP contribution < -0.4 is 10.1 Å². The van der Waals surface area contributed by atoms with Gasteiger partial charge in [0.25, 0.3) is 0 Å². The van der Waals surface area contributed by atoms with Crippen LogP contribution >= 0.6 is 11.6 Å². The summed E-state index contributed by atoms with van der Waals surface area (Å²) in [5.74, 6) is -0.744. The van der Waals surface area contributed by atoms with Crippen molar-refractivity contribution >= 4 is 23.7 Å². The Morgan fingerprint density at radius 2 is 1.94 bits per heavy atom. The summed E-state index contributed by atoms with van der Waals surface area (Å²) in [7, 11) is 2.60. The molecule has 2 aromatic carbocycles. The number of alkyl carbamates (subject to hydrolysis) is 1. The van der Waals surface area contributed by atoms with Crippen LogP contribution in [0.15, 0.2) is 42.5 Å². The summed E-state index contributed by atoms with van der Waals surface area (Å²) in [5.41, 5.74) is 1.71. The van der Waals surface area contributed by atoms with Crippen molar-refractivity contribution < 1.29 is 38.0 Å². The van der Waals surface area contributed by atoms with E-state index < -0.39 is 24.0 Å². The van der Waals surface area contributed by atoms with E-state index in [0.717, 1.165) is 5.56 Å². The number of halogens is 1. The van der Waals surface area contributed by atoms with Crippen molar-refractivity contribution in [3.63, 3.8) is 0 Å². The Balaban J connectivity index is 1.86. The van der Waals surface area contributed by atoms with Crippen LogP contribution in [-0.2, 0) is 23.7 Å². The SMILES string of the molecule is COC(=O)NCCOC(c1cccc(Cl)c1)c1cc(OCC2COC(C)(C)O2)cc(C(=O)OC)c1. The molecule has 1 N–H and O–H groups in total. The van der Waals surface area contributed by atoms with Crippen molar-refractivity contribution in [2.45, 2.75) is 31.8 Å². The van der Waals surface area contributed by atoms with Crippen molar-refractivity contribution in [2.24, 2.45) is 0 Å². The normalized spacial score (nSPS) is 17.5. The highest BCUT2D eigenvalue weighted by molar-refractivity contribution is 6.30. The third kappa shape index (κ3) is 7.83. The van der Waals surface area contributed by atoms with Gasteiger partial charge < -0.3 is 33.7 Å². The highest BCUT2D eigenvalue weighted by Crippen LogP contribution is 2.32. The van der Waals surface area contributed by atoms with Gasteiger partial charge in [-0.1, -0.05) is 23.7 Å². The summed E-state index contributed by atoms with van der Waals surface area (Å²) in [6.07, 6.45) is -1.41. The van der Waals surface area contributed by atoms with E-state index >= 15 is 0 Å². The molecule has 35 heavy (non-hydrogen) atoms. The predicted molar refractivity (Wildman–Crippen MR) is 128 cm³/mol. The summed E-state index contributed by atoms with van der Waals surface area (Å²) in [6, 6.07) is 12.3. The summed E-state index contributed by atoms with van der Waals surface area (Å²) in [5, 5.41) is 3.11. The Bertz CT molecular complexity index is 1030. The molecule has 9 nitrogen and oxygen atoms in total. The fourth-order valence-electron chi connectivity index (χ4n) is 3.58. The van der Waals surface area contributed by atoms with Crippen molar-refractivity contribution in [1.29, 1.82) is 0 Å². The molecule has 190 valence electrons. The molecule has 0 aromatic heterocycles. The van der Waals surface area contributed by atoms with E-state index in [0.29, 0.717) is 28.5 Å². The largest absolute Gasteiger partial charge is 0.491 e. The molecule has 1 saturated heterocycles. The van der Waals surface area contributed by atoms with Gasteiger partial charge in [-0.05, 0) is 55.3 Å². The minimum absolute atomic E-state index is 0.174. The molecule has 3 rings (SSSR count). The maximum Gasteiger partial charge on any atom is 0.406 e. The maximum atomic E-state index is 12.4. The first-order valence-corrected chi connectivity index (χ1v) is 11.5. The van der Waals surface area contributed by atoms with Crippen LogP contribution in [0.5, 0.6) is 5.75 Å². The summed E-state index contributed by atoms with van der Waals surface area (Å²) in [4.78, 5) is 23.8. The molecule has 2 unspecified atom stereocenters. The van der Waals surface area contributed by atoms with E-state index in [1.807, 2.05) is 26.0 Å². The highest BCUT2D eigenvalue weighted by atomic mass is 35.5. The Morgan fingerprint density at radius 3 is 2.60 bits per heavy atom. The van der Waals surface area contributed by atoms with E-state index in [-0.39, 0.29) is 25.9 Å². The van der Waals surface area contributed by atoms with Gasteiger partial charge in [0.15, 0.2) is 5.79 Å². The number of esters is 1. The molecule has 2 atom stereocenters. The molecule has 1 aliphatic rings. The standard InChI is InChI=1S/C25H30ClNO8/c1-25(2)34-15-21(35-25)14-33-20-12-17(10-18(13-20)23(28)30-3)22(16-6-5-7-19(26)11-16)32-9-8-27-24(29)31-4/h5-7,10-13,21-22H,8-9,14-15H2,1-4H3,(H,27,29). The van der Waals surface area contributed by atoms with Gasteiger partial charge in [0, 0.05) is 11.6 Å². The number of benzene rings is 2. The molecule has 0 saturated carbocycles. The van der Waals surface area contributed by atoms with Gasteiger partial charge in [0.1, 0.15) is 24.6 Å². The van der Waals surface area contributed by atoms with Gasteiger partial charge in [-0.15, -0.1) is 0 Å². The number of hydrogen-bond donors (Lipinski definition) is 1. The quantitative estimate of drug-likeness (QED) is 0.378. The number of hydrogen-bond acceptors (Lipinski definition) is 8. The zero-order chi connectivity index (χ0) is 25.4. The number of methoxy groups -OCH3 is 2. The molecule has 1 aliphatic heterocycles. The number of amides is 1. The van der Waals surface area contributed by atoms with Crippen molar-refractivity contribution in [3.05, 3.63) is 64.2 Å². The molecule has 0 spiro atoms. The second-order valence-corrected chi connectivity index (χ2v) is 8.70. The van der Waals surface area contributed by atoms with E-state index in [2.05, 4.69) is 10.1 Å². The number of carbonyl (C=O) groups is 2. The number of ether oxygens (including phenoxy) is 6. The van der Waals surface area contributed by atoms with Gasteiger partial charge in [-0.2, -0.15) is 0 Å². The minimum Gasteiger partial charge on any atom is -0.491 e. The van der Waals surface area contributed by atoms with E-state index in [4.69, 9.17) is 35.3 Å². The first-order valence-electron chi connectivity index (χ1n) is 11.1. The summed E-state index contributed by atoms with van der Waals surface area (Å²) < 4.78 is 33.0. The number of rotatable bonds is 10. The molecule has 1 heterocycles. The predicted octanol–water partition coefficient (Wildman–Crippen LogP) is 4.12. The Kier molecular flexibility index (Phi) is 9.33. The molecule has 1 fully saturated rings. The highest BCUT2D eigenvalue weighted by Gasteiger charge is 2.33. The maximum absolute atomic E-state index is 12.4. The molecule has 10 heteroatoms. The Morgan fingerprint density at radius 1 is 1.14 bits per heavy atom.